The van der Waals surface area contributed by atoms with E-state index in [1.807, 2.05) is 6.07 Å². The first-order valence-electron chi connectivity index (χ1n) is 12.3. The van der Waals surface area contributed by atoms with Crippen molar-refractivity contribution >= 4 is 5.78 Å². The largest absolute Gasteiger partial charge is 0.507 e. The van der Waals surface area contributed by atoms with E-state index >= 15 is 0 Å². The molecule has 0 aliphatic heterocycles. The Kier molecular flexibility index (Phi) is 5.42. The van der Waals surface area contributed by atoms with Gasteiger partial charge in [-0.15, -0.1) is 0 Å². The minimum Gasteiger partial charge on any atom is -0.507 e. The molecule has 0 amide bonds. The number of phenols is 1. The Balaban J connectivity index is 1.87. The number of allylic oxidation sites excluding steroid dienone is 2. The summed E-state index contributed by atoms with van der Waals surface area (Å²) in [5.74, 6) is 1.62. The summed E-state index contributed by atoms with van der Waals surface area (Å²) >= 11 is 0. The Morgan fingerprint density at radius 2 is 1.82 bits per heavy atom. The van der Waals surface area contributed by atoms with Crippen LogP contribution in [-0.4, -0.2) is 31.7 Å². The molecule has 3 aliphatic carbocycles. The van der Waals surface area contributed by atoms with Crippen LogP contribution in [0.5, 0.6) is 23.0 Å². The average Bonchev–Trinajstić information content (AvgIpc) is 3.16. The highest BCUT2D eigenvalue weighted by atomic mass is 16.5. The lowest BCUT2D eigenvalue weighted by molar-refractivity contribution is 0.102. The minimum absolute atomic E-state index is 0.0114. The molecule has 1 spiro atoms. The molecule has 3 aliphatic rings. The molecule has 0 fully saturated rings. The van der Waals surface area contributed by atoms with Gasteiger partial charge < -0.3 is 19.3 Å². The van der Waals surface area contributed by atoms with Crippen molar-refractivity contribution in [1.82, 2.24) is 0 Å². The molecule has 5 nitrogen and oxygen atoms in total. The number of fused-ring (bicyclic) bond motifs is 3. The quantitative estimate of drug-likeness (QED) is 0.404. The summed E-state index contributed by atoms with van der Waals surface area (Å²) in [6.07, 6.45) is 9.35. The number of benzene rings is 2. The monoisotopic (exact) mass is 462 g/mol. The number of ether oxygens (including phenoxy) is 3. The van der Waals surface area contributed by atoms with Gasteiger partial charge in [0.25, 0.3) is 0 Å². The van der Waals surface area contributed by atoms with Crippen molar-refractivity contribution in [2.45, 2.75) is 64.2 Å². The number of methoxy groups -OCH3 is 2. The van der Waals surface area contributed by atoms with Gasteiger partial charge in [0.1, 0.15) is 23.0 Å². The van der Waals surface area contributed by atoms with Crippen LogP contribution >= 0.6 is 0 Å². The Bertz CT molecular complexity index is 1190. The molecule has 0 aromatic heterocycles. The smallest absolute Gasteiger partial charge is 0.201 e. The fourth-order valence-corrected chi connectivity index (χ4v) is 6.49. The number of hydrogen-bond acceptors (Lipinski definition) is 5. The van der Waals surface area contributed by atoms with Gasteiger partial charge in [-0.3, -0.25) is 4.79 Å². The molecule has 5 rings (SSSR count). The maximum atomic E-state index is 14.1. The third-order valence-electron chi connectivity index (χ3n) is 8.34. The summed E-state index contributed by atoms with van der Waals surface area (Å²) in [7, 11) is 3.31. The highest BCUT2D eigenvalue weighted by Crippen LogP contribution is 2.66. The number of carbonyl (C=O) groups excluding carboxylic acids is 1. The van der Waals surface area contributed by atoms with E-state index in [9.17, 15) is 9.90 Å². The van der Waals surface area contributed by atoms with Crippen LogP contribution in [0.4, 0.5) is 0 Å². The highest BCUT2D eigenvalue weighted by molar-refractivity contribution is 6.17. The van der Waals surface area contributed by atoms with Crippen LogP contribution in [0.2, 0.25) is 0 Å². The second kappa shape index (κ2) is 8.07. The standard InChI is InChI=1S/C29H34O5/c1-6-7-14-34-20-15-21(33-5)26-23-17(16-29(26)13-9-8-12-28(29,2)3)22-19(32-4)11-10-18(30)24(22)27(31)25(20)23/h9-11,13,15,17,30H,6-8,12,14,16H2,1-5H3/t17-,29?/m0/s1. The summed E-state index contributed by atoms with van der Waals surface area (Å²) in [5.41, 5.74) is 3.40. The number of aromatic hydroxyl groups is 1. The zero-order valence-electron chi connectivity index (χ0n) is 20.8. The van der Waals surface area contributed by atoms with Gasteiger partial charge in [-0.2, -0.15) is 0 Å². The zero-order valence-corrected chi connectivity index (χ0v) is 20.8. The molecule has 180 valence electrons. The van der Waals surface area contributed by atoms with E-state index in [4.69, 9.17) is 14.2 Å². The molecule has 1 unspecified atom stereocenters. The molecule has 5 heteroatoms. The van der Waals surface area contributed by atoms with E-state index < -0.39 is 0 Å². The van der Waals surface area contributed by atoms with Crippen LogP contribution in [0.25, 0.3) is 0 Å². The third kappa shape index (κ3) is 2.95. The van der Waals surface area contributed by atoms with E-state index in [0.717, 1.165) is 54.5 Å². The summed E-state index contributed by atoms with van der Waals surface area (Å²) in [6, 6.07) is 5.21. The van der Waals surface area contributed by atoms with Gasteiger partial charge in [0.05, 0.1) is 32.0 Å². The Morgan fingerprint density at radius 1 is 1.06 bits per heavy atom. The van der Waals surface area contributed by atoms with Crippen LogP contribution in [0.1, 0.15) is 91.4 Å². The van der Waals surface area contributed by atoms with E-state index in [1.54, 1.807) is 26.4 Å². The first kappa shape index (κ1) is 22.8. The molecular weight excluding hydrogens is 428 g/mol. The molecule has 0 heterocycles. The van der Waals surface area contributed by atoms with Crippen molar-refractivity contribution in [3.63, 3.8) is 0 Å². The highest BCUT2D eigenvalue weighted by Gasteiger charge is 2.58. The lowest BCUT2D eigenvalue weighted by Crippen LogP contribution is -2.40. The van der Waals surface area contributed by atoms with E-state index in [0.29, 0.717) is 29.2 Å². The van der Waals surface area contributed by atoms with E-state index in [-0.39, 0.29) is 28.3 Å². The number of rotatable bonds is 6. The number of hydrogen-bond donors (Lipinski definition) is 1. The van der Waals surface area contributed by atoms with Crippen molar-refractivity contribution in [3.8, 4) is 23.0 Å². The predicted octanol–water partition coefficient (Wildman–Crippen LogP) is 6.28. The van der Waals surface area contributed by atoms with Gasteiger partial charge in [-0.1, -0.05) is 39.3 Å². The SMILES string of the molecule is CCCCOc1cc(OC)c2c3c1C(=O)c1c(O)ccc(OC)c1[C@@H]3CC21C=CCCC1(C)C. The lowest BCUT2D eigenvalue weighted by Gasteiger charge is -2.46. The van der Waals surface area contributed by atoms with Crippen molar-refractivity contribution in [2.75, 3.05) is 20.8 Å². The normalized spacial score (nSPS) is 23.6. The lowest BCUT2D eigenvalue weighted by atomic mass is 9.57. The molecule has 0 saturated heterocycles. The molecule has 2 aromatic carbocycles. The molecule has 1 N–H and O–H groups in total. The first-order chi connectivity index (χ1) is 16.3. The molecular formula is C29H34O5. The maximum absolute atomic E-state index is 14.1. The first-order valence-corrected chi connectivity index (χ1v) is 12.3. The van der Waals surface area contributed by atoms with Gasteiger partial charge in [0, 0.05) is 28.5 Å². The fourth-order valence-electron chi connectivity index (χ4n) is 6.49. The molecule has 0 saturated carbocycles. The van der Waals surface area contributed by atoms with Gasteiger partial charge >= 0.3 is 0 Å². The Hall–Kier alpha value is -2.95. The minimum atomic E-state index is -0.300. The van der Waals surface area contributed by atoms with Gasteiger partial charge in [0.2, 0.25) is 5.78 Å². The van der Waals surface area contributed by atoms with Crippen molar-refractivity contribution in [1.29, 1.82) is 0 Å². The van der Waals surface area contributed by atoms with Crippen LogP contribution in [0.3, 0.4) is 0 Å². The molecule has 2 aromatic rings. The number of phenolic OH excluding ortho intramolecular Hbond substituents is 1. The van der Waals surface area contributed by atoms with Crippen molar-refractivity contribution < 1.29 is 24.1 Å². The summed E-state index contributed by atoms with van der Waals surface area (Å²) < 4.78 is 17.9. The average molecular weight is 463 g/mol. The molecule has 0 bridgehead atoms. The fraction of sp³-hybridized carbons (Fsp3) is 0.483. The topological polar surface area (TPSA) is 65.0 Å². The number of ketones is 1. The Labute approximate surface area is 201 Å². The van der Waals surface area contributed by atoms with Crippen LogP contribution in [0, 0.1) is 5.41 Å². The van der Waals surface area contributed by atoms with Crippen LogP contribution in [0.15, 0.2) is 30.4 Å². The van der Waals surface area contributed by atoms with Crippen molar-refractivity contribution in [2.24, 2.45) is 5.41 Å². The zero-order chi connectivity index (χ0) is 24.3. The van der Waals surface area contributed by atoms with Crippen LogP contribution < -0.4 is 14.2 Å². The molecule has 2 atom stereocenters. The molecule has 34 heavy (non-hydrogen) atoms. The summed E-state index contributed by atoms with van der Waals surface area (Å²) in [5, 5.41) is 10.9. The van der Waals surface area contributed by atoms with Crippen molar-refractivity contribution in [3.05, 3.63) is 58.2 Å². The summed E-state index contributed by atoms with van der Waals surface area (Å²) in [6.45, 7) is 7.26. The second-order valence-electron chi connectivity index (χ2n) is 10.4. The summed E-state index contributed by atoms with van der Waals surface area (Å²) in [4.78, 5) is 14.1. The number of carbonyl (C=O) groups is 1. The van der Waals surface area contributed by atoms with Gasteiger partial charge in [0.15, 0.2) is 0 Å². The maximum Gasteiger partial charge on any atom is 0.201 e. The van der Waals surface area contributed by atoms with E-state index in [1.165, 1.54) is 0 Å². The molecule has 0 radical (unpaired) electrons. The van der Waals surface area contributed by atoms with Crippen LogP contribution in [-0.2, 0) is 5.41 Å². The Morgan fingerprint density at radius 3 is 2.50 bits per heavy atom. The predicted molar refractivity (Wildman–Crippen MR) is 132 cm³/mol. The number of unbranched alkanes of at least 4 members (excludes halogenated alkanes) is 1. The van der Waals surface area contributed by atoms with Gasteiger partial charge in [-0.25, -0.2) is 0 Å². The van der Waals surface area contributed by atoms with Gasteiger partial charge in [-0.05, 0) is 48.8 Å². The third-order valence-corrected chi connectivity index (χ3v) is 8.34. The van der Waals surface area contributed by atoms with E-state index in [2.05, 4.69) is 32.9 Å². The second-order valence-corrected chi connectivity index (χ2v) is 10.4.